The Morgan fingerprint density at radius 1 is 1.30 bits per heavy atom. The average molecular weight is 207 g/mol. The third-order valence-corrected chi connectivity index (χ3v) is 2.68. The molecule has 1 aliphatic heterocycles. The van der Waals surface area contributed by atoms with E-state index in [1.807, 2.05) is 0 Å². The van der Waals surface area contributed by atoms with Gasteiger partial charge in [-0.2, -0.15) is 0 Å². The molecule has 0 aromatic carbocycles. The molecule has 3 heteroatoms. The molecule has 10 heavy (non-hydrogen) atoms. The maximum atomic E-state index is 5.83. The van der Waals surface area contributed by atoms with Crippen molar-refractivity contribution in [3.05, 3.63) is 0 Å². The molecule has 0 radical (unpaired) electrons. The zero-order valence-electron chi connectivity index (χ0n) is 6.22. The number of nitrogens with two attached hydrogens (primary N) is 1. The third-order valence-electron chi connectivity index (χ3n) is 2.02. The zero-order chi connectivity index (χ0) is 7.40. The maximum absolute atomic E-state index is 5.83. The fourth-order valence-electron chi connectivity index (χ4n) is 1.35. The zero-order valence-corrected chi connectivity index (χ0v) is 7.81. The van der Waals surface area contributed by atoms with E-state index in [0.717, 1.165) is 5.33 Å². The first kappa shape index (κ1) is 8.50. The molecule has 0 aliphatic carbocycles. The van der Waals surface area contributed by atoms with Crippen LogP contribution in [0.5, 0.6) is 0 Å². The summed E-state index contributed by atoms with van der Waals surface area (Å²) in [7, 11) is 0. The SMILES string of the molecule is NC(CBr)N1CCCCC1. The summed E-state index contributed by atoms with van der Waals surface area (Å²) in [5, 5.41) is 0.896. The van der Waals surface area contributed by atoms with Crippen LogP contribution in [0.3, 0.4) is 0 Å². The van der Waals surface area contributed by atoms with Crippen LogP contribution in [0.2, 0.25) is 0 Å². The first-order valence-electron chi connectivity index (χ1n) is 3.90. The van der Waals surface area contributed by atoms with Gasteiger partial charge in [-0.15, -0.1) is 0 Å². The number of piperidine rings is 1. The molecular weight excluding hydrogens is 192 g/mol. The number of rotatable bonds is 2. The molecule has 60 valence electrons. The van der Waals surface area contributed by atoms with Crippen LogP contribution in [-0.2, 0) is 0 Å². The molecule has 1 saturated heterocycles. The Kier molecular flexibility index (Phi) is 3.66. The van der Waals surface area contributed by atoms with Crippen molar-refractivity contribution in [3.8, 4) is 0 Å². The van der Waals surface area contributed by atoms with Crippen molar-refractivity contribution in [2.75, 3.05) is 18.4 Å². The molecule has 1 rings (SSSR count). The summed E-state index contributed by atoms with van der Waals surface area (Å²) in [4.78, 5) is 2.35. The highest BCUT2D eigenvalue weighted by Crippen LogP contribution is 2.10. The first-order chi connectivity index (χ1) is 4.84. The van der Waals surface area contributed by atoms with Crippen LogP contribution in [0.15, 0.2) is 0 Å². The van der Waals surface area contributed by atoms with Crippen LogP contribution in [0.25, 0.3) is 0 Å². The lowest BCUT2D eigenvalue weighted by Gasteiger charge is -2.30. The Balaban J connectivity index is 2.24. The van der Waals surface area contributed by atoms with Gasteiger partial charge in [0.15, 0.2) is 0 Å². The summed E-state index contributed by atoms with van der Waals surface area (Å²) in [5.41, 5.74) is 5.83. The number of alkyl halides is 1. The fraction of sp³-hybridized carbons (Fsp3) is 1.00. The molecule has 1 aliphatic rings. The summed E-state index contributed by atoms with van der Waals surface area (Å²) < 4.78 is 0. The molecule has 0 aromatic rings. The van der Waals surface area contributed by atoms with Crippen molar-refractivity contribution in [2.24, 2.45) is 5.73 Å². The summed E-state index contributed by atoms with van der Waals surface area (Å²) in [6.45, 7) is 2.37. The lowest BCUT2D eigenvalue weighted by Crippen LogP contribution is -2.45. The molecule has 1 heterocycles. The minimum atomic E-state index is 0.236. The molecule has 0 amide bonds. The second-order valence-corrected chi connectivity index (χ2v) is 3.47. The van der Waals surface area contributed by atoms with Crippen LogP contribution in [-0.4, -0.2) is 29.5 Å². The van der Waals surface area contributed by atoms with E-state index in [0.29, 0.717) is 0 Å². The third kappa shape index (κ3) is 2.22. The van der Waals surface area contributed by atoms with E-state index in [1.54, 1.807) is 0 Å². The highest BCUT2D eigenvalue weighted by atomic mass is 79.9. The summed E-state index contributed by atoms with van der Waals surface area (Å²) in [6, 6.07) is 0. The Hall–Kier alpha value is 0.400. The minimum absolute atomic E-state index is 0.236. The molecule has 1 atom stereocenters. The van der Waals surface area contributed by atoms with Gasteiger partial charge in [0.25, 0.3) is 0 Å². The molecule has 2 N–H and O–H groups in total. The van der Waals surface area contributed by atoms with E-state index in [1.165, 1.54) is 32.4 Å². The van der Waals surface area contributed by atoms with Crippen molar-refractivity contribution < 1.29 is 0 Å². The first-order valence-corrected chi connectivity index (χ1v) is 5.02. The molecule has 0 saturated carbocycles. The quantitative estimate of drug-likeness (QED) is 0.688. The van der Waals surface area contributed by atoms with Crippen molar-refractivity contribution in [1.82, 2.24) is 4.90 Å². The highest BCUT2D eigenvalue weighted by Gasteiger charge is 2.14. The van der Waals surface area contributed by atoms with Gasteiger partial charge in [0.1, 0.15) is 0 Å². The Bertz CT molecular complexity index is 91.6. The molecule has 1 fully saturated rings. The minimum Gasteiger partial charge on any atom is -0.315 e. The summed E-state index contributed by atoms with van der Waals surface area (Å²) in [5.74, 6) is 0. The van der Waals surface area contributed by atoms with E-state index >= 15 is 0 Å². The monoisotopic (exact) mass is 206 g/mol. The van der Waals surface area contributed by atoms with Gasteiger partial charge in [-0.3, -0.25) is 4.90 Å². The predicted octanol–water partition coefficient (Wildman–Crippen LogP) is 1.15. The summed E-state index contributed by atoms with van der Waals surface area (Å²) in [6.07, 6.45) is 4.26. The molecule has 0 aromatic heterocycles. The van der Waals surface area contributed by atoms with E-state index in [9.17, 15) is 0 Å². The average Bonchev–Trinajstić information content (AvgIpc) is 2.05. The summed E-state index contributed by atoms with van der Waals surface area (Å²) >= 11 is 3.38. The van der Waals surface area contributed by atoms with Gasteiger partial charge < -0.3 is 5.73 Å². The molecule has 0 bridgehead atoms. The van der Waals surface area contributed by atoms with E-state index in [2.05, 4.69) is 20.8 Å². The fourth-order valence-corrected chi connectivity index (χ4v) is 1.76. The van der Waals surface area contributed by atoms with Crippen LogP contribution in [0.1, 0.15) is 19.3 Å². The number of hydrogen-bond acceptors (Lipinski definition) is 2. The number of halogens is 1. The van der Waals surface area contributed by atoms with Gasteiger partial charge in [-0.05, 0) is 25.9 Å². The van der Waals surface area contributed by atoms with Crippen LogP contribution in [0, 0.1) is 0 Å². The second-order valence-electron chi connectivity index (χ2n) is 2.82. The lowest BCUT2D eigenvalue weighted by molar-refractivity contribution is 0.181. The lowest BCUT2D eigenvalue weighted by atomic mass is 10.1. The van der Waals surface area contributed by atoms with Crippen LogP contribution < -0.4 is 5.73 Å². The molecule has 2 nitrogen and oxygen atoms in total. The van der Waals surface area contributed by atoms with Crippen molar-refractivity contribution in [2.45, 2.75) is 25.4 Å². The topological polar surface area (TPSA) is 29.3 Å². The van der Waals surface area contributed by atoms with E-state index in [-0.39, 0.29) is 6.17 Å². The van der Waals surface area contributed by atoms with Crippen LogP contribution in [0.4, 0.5) is 0 Å². The normalized spacial score (nSPS) is 24.6. The molecular formula is C7H15BrN2. The van der Waals surface area contributed by atoms with Crippen molar-refractivity contribution >= 4 is 15.9 Å². The Morgan fingerprint density at radius 3 is 2.40 bits per heavy atom. The smallest absolute Gasteiger partial charge is 0.0671 e. The number of nitrogens with zero attached hydrogens (tertiary/aromatic N) is 1. The van der Waals surface area contributed by atoms with Crippen LogP contribution >= 0.6 is 15.9 Å². The predicted molar refractivity (Wildman–Crippen MR) is 47.2 cm³/mol. The number of hydrogen-bond donors (Lipinski definition) is 1. The maximum Gasteiger partial charge on any atom is 0.0671 e. The van der Waals surface area contributed by atoms with Gasteiger partial charge in [-0.1, -0.05) is 22.4 Å². The molecule has 0 spiro atoms. The van der Waals surface area contributed by atoms with Gasteiger partial charge in [0.05, 0.1) is 6.17 Å². The Labute approximate surface area is 70.9 Å². The molecule has 1 unspecified atom stereocenters. The number of likely N-dealkylation sites (tertiary alicyclic amines) is 1. The van der Waals surface area contributed by atoms with Crippen molar-refractivity contribution in [1.29, 1.82) is 0 Å². The largest absolute Gasteiger partial charge is 0.315 e. The standard InChI is InChI=1S/C7H15BrN2/c8-6-7(9)10-4-2-1-3-5-10/h7H,1-6,9H2. The van der Waals surface area contributed by atoms with E-state index in [4.69, 9.17) is 5.73 Å². The highest BCUT2D eigenvalue weighted by molar-refractivity contribution is 9.09. The van der Waals surface area contributed by atoms with Gasteiger partial charge in [0.2, 0.25) is 0 Å². The Morgan fingerprint density at radius 2 is 1.90 bits per heavy atom. The van der Waals surface area contributed by atoms with Crippen molar-refractivity contribution in [3.63, 3.8) is 0 Å². The van der Waals surface area contributed by atoms with Gasteiger partial charge in [0, 0.05) is 5.33 Å². The second kappa shape index (κ2) is 4.31. The van der Waals surface area contributed by atoms with Gasteiger partial charge in [-0.25, -0.2) is 0 Å². The van der Waals surface area contributed by atoms with Gasteiger partial charge >= 0.3 is 0 Å². The van der Waals surface area contributed by atoms with E-state index < -0.39 is 0 Å².